The van der Waals surface area contributed by atoms with E-state index in [1.54, 1.807) is 25.4 Å². The first-order chi connectivity index (χ1) is 18.6. The largest absolute Gasteiger partial charge is 0.480 e. The monoisotopic (exact) mass is 568 g/mol. The molecule has 1 amide bonds. The quantitative estimate of drug-likeness (QED) is 0.312. The Morgan fingerprint density at radius 2 is 1.74 bits per heavy atom. The molecule has 4 aromatic rings. The van der Waals surface area contributed by atoms with E-state index in [1.807, 2.05) is 30.5 Å². The number of amides is 1. The third-order valence-corrected chi connectivity index (χ3v) is 7.05. The van der Waals surface area contributed by atoms with Crippen molar-refractivity contribution in [2.75, 3.05) is 19.1 Å². The molecule has 5 rings (SSSR count). The van der Waals surface area contributed by atoms with Gasteiger partial charge in [-0.15, -0.1) is 0 Å². The summed E-state index contributed by atoms with van der Waals surface area (Å²) in [6.07, 6.45) is 3.47. The van der Waals surface area contributed by atoms with Gasteiger partial charge in [-0.05, 0) is 44.0 Å². The lowest BCUT2D eigenvalue weighted by Gasteiger charge is -2.28. The van der Waals surface area contributed by atoms with Gasteiger partial charge in [-0.1, -0.05) is 35.3 Å². The second-order valence-corrected chi connectivity index (χ2v) is 10.3. The van der Waals surface area contributed by atoms with Crippen LogP contribution in [0.5, 0.6) is 11.9 Å². The highest BCUT2D eigenvalue weighted by Gasteiger charge is 2.45. The zero-order chi connectivity index (χ0) is 28.0. The standard InChI is InChI=1S/C27H26Cl2N6O4/c1-14(2)34-22-19(10-15-6-8-16(28)9-7-15)35(20-11-17(29)13-33(3)25(20)36)26(37)21(22)31-23(34)18-12-30-27(39-5)32-24(18)38-4/h6-9,11-14,19H,10H2,1-5H3/t19-/m0/s1. The van der Waals surface area contributed by atoms with Gasteiger partial charge in [0.25, 0.3) is 11.5 Å². The van der Waals surface area contributed by atoms with Gasteiger partial charge in [-0.2, -0.15) is 4.98 Å². The Balaban J connectivity index is 1.75. The summed E-state index contributed by atoms with van der Waals surface area (Å²) in [5, 5.41) is 0.936. The van der Waals surface area contributed by atoms with Gasteiger partial charge in [-0.25, -0.2) is 9.97 Å². The van der Waals surface area contributed by atoms with Crippen molar-refractivity contribution >= 4 is 34.8 Å². The number of aromatic nitrogens is 5. The number of methoxy groups -OCH3 is 2. The molecule has 0 fully saturated rings. The molecule has 1 atom stereocenters. The molecular weight excluding hydrogens is 543 g/mol. The number of nitrogens with zero attached hydrogens (tertiary/aromatic N) is 6. The lowest BCUT2D eigenvalue weighted by atomic mass is 10.0. The van der Waals surface area contributed by atoms with Gasteiger partial charge in [0.1, 0.15) is 11.5 Å². The lowest BCUT2D eigenvalue weighted by molar-refractivity contribution is 0.0986. The number of imidazole rings is 1. The van der Waals surface area contributed by atoms with E-state index in [1.165, 1.54) is 35.9 Å². The molecule has 0 aliphatic carbocycles. The molecule has 1 aliphatic heterocycles. The van der Waals surface area contributed by atoms with Gasteiger partial charge in [-0.3, -0.25) is 14.5 Å². The number of pyridine rings is 1. The van der Waals surface area contributed by atoms with Crippen molar-refractivity contribution in [1.29, 1.82) is 0 Å². The molecule has 0 bridgehead atoms. The Bertz CT molecular complexity index is 1630. The average Bonchev–Trinajstić information content (AvgIpc) is 3.42. The van der Waals surface area contributed by atoms with Crippen molar-refractivity contribution in [3.8, 4) is 23.3 Å². The van der Waals surface area contributed by atoms with Crippen LogP contribution in [0.15, 0.2) is 47.5 Å². The number of ether oxygens (including phenoxy) is 2. The third kappa shape index (κ3) is 4.63. The van der Waals surface area contributed by atoms with Gasteiger partial charge in [0.15, 0.2) is 5.69 Å². The SMILES string of the molecule is COc1ncc(-c2nc3c(n2C(C)C)[C@H](Cc2ccc(Cl)cc2)N(c2cc(Cl)cn(C)c2=O)C3=O)c(OC)n1. The van der Waals surface area contributed by atoms with Gasteiger partial charge in [0.2, 0.25) is 5.88 Å². The maximum Gasteiger partial charge on any atom is 0.319 e. The Morgan fingerprint density at radius 3 is 2.38 bits per heavy atom. The molecule has 4 heterocycles. The van der Waals surface area contributed by atoms with Crippen molar-refractivity contribution in [3.05, 3.63) is 80.1 Å². The topological polar surface area (TPSA) is 104 Å². The second-order valence-electron chi connectivity index (χ2n) is 9.39. The number of carbonyl (C=O) groups is 1. The van der Waals surface area contributed by atoms with Crippen molar-refractivity contribution < 1.29 is 14.3 Å². The zero-order valence-electron chi connectivity index (χ0n) is 22.0. The first kappa shape index (κ1) is 26.7. The summed E-state index contributed by atoms with van der Waals surface area (Å²) in [5.41, 5.74) is 2.16. The maximum atomic E-state index is 14.1. The molecule has 0 saturated carbocycles. The maximum absolute atomic E-state index is 14.1. The summed E-state index contributed by atoms with van der Waals surface area (Å²) in [7, 11) is 4.56. The first-order valence-electron chi connectivity index (χ1n) is 12.2. The zero-order valence-corrected chi connectivity index (χ0v) is 23.5. The molecule has 39 heavy (non-hydrogen) atoms. The molecule has 12 heteroatoms. The Kier molecular flexibility index (Phi) is 7.09. The van der Waals surface area contributed by atoms with E-state index in [-0.39, 0.29) is 34.9 Å². The fraction of sp³-hybridized carbons (Fsp3) is 0.296. The molecular formula is C27H26Cl2N6O4. The molecule has 3 aromatic heterocycles. The predicted octanol–water partition coefficient (Wildman–Crippen LogP) is 4.89. The van der Waals surface area contributed by atoms with Crippen LogP contribution in [0.25, 0.3) is 11.4 Å². The van der Waals surface area contributed by atoms with Crippen molar-refractivity contribution in [1.82, 2.24) is 24.1 Å². The van der Waals surface area contributed by atoms with E-state index in [9.17, 15) is 9.59 Å². The average molecular weight is 569 g/mol. The molecule has 1 aliphatic rings. The van der Waals surface area contributed by atoms with Crippen LogP contribution in [0.4, 0.5) is 5.69 Å². The summed E-state index contributed by atoms with van der Waals surface area (Å²) >= 11 is 12.5. The molecule has 0 saturated heterocycles. The highest BCUT2D eigenvalue weighted by atomic mass is 35.5. The third-order valence-electron chi connectivity index (χ3n) is 6.59. The molecule has 0 unspecified atom stereocenters. The van der Waals surface area contributed by atoms with Crippen LogP contribution in [0.3, 0.4) is 0 Å². The number of benzene rings is 1. The minimum atomic E-state index is -0.561. The van der Waals surface area contributed by atoms with E-state index in [2.05, 4.69) is 9.97 Å². The molecule has 202 valence electrons. The van der Waals surface area contributed by atoms with E-state index in [0.717, 1.165) is 5.56 Å². The molecule has 10 nitrogen and oxygen atoms in total. The van der Waals surface area contributed by atoms with Crippen LogP contribution in [-0.4, -0.2) is 44.2 Å². The minimum Gasteiger partial charge on any atom is -0.480 e. The number of halogens is 2. The highest BCUT2D eigenvalue weighted by Crippen LogP contribution is 2.43. The van der Waals surface area contributed by atoms with Crippen LogP contribution in [-0.2, 0) is 13.5 Å². The fourth-order valence-electron chi connectivity index (χ4n) is 4.91. The number of aryl methyl sites for hydroxylation is 1. The number of anilines is 1. The van der Waals surface area contributed by atoms with Crippen LogP contribution in [0.1, 0.15) is 47.7 Å². The normalized spacial score (nSPS) is 14.7. The van der Waals surface area contributed by atoms with E-state index >= 15 is 0 Å². The van der Waals surface area contributed by atoms with Crippen molar-refractivity contribution in [2.24, 2.45) is 7.05 Å². The second kappa shape index (κ2) is 10.3. The van der Waals surface area contributed by atoms with Gasteiger partial charge < -0.3 is 18.6 Å². The van der Waals surface area contributed by atoms with Crippen molar-refractivity contribution in [2.45, 2.75) is 32.4 Å². The number of hydrogen-bond acceptors (Lipinski definition) is 7. The summed E-state index contributed by atoms with van der Waals surface area (Å²) in [5.74, 6) is 0.328. The van der Waals surface area contributed by atoms with Gasteiger partial charge in [0, 0.05) is 30.5 Å². The summed E-state index contributed by atoms with van der Waals surface area (Å²) in [6, 6.07) is 8.37. The smallest absolute Gasteiger partial charge is 0.319 e. The lowest BCUT2D eigenvalue weighted by Crippen LogP contribution is -2.36. The van der Waals surface area contributed by atoms with E-state index in [4.69, 9.17) is 37.7 Å². The summed E-state index contributed by atoms with van der Waals surface area (Å²) < 4.78 is 14.0. The Hall–Kier alpha value is -3.89. The fourth-order valence-corrected chi connectivity index (χ4v) is 5.28. The van der Waals surface area contributed by atoms with E-state index < -0.39 is 11.9 Å². The van der Waals surface area contributed by atoms with Crippen LogP contribution in [0.2, 0.25) is 10.0 Å². The number of carbonyl (C=O) groups excluding carboxylic acids is 1. The van der Waals surface area contributed by atoms with Crippen molar-refractivity contribution in [3.63, 3.8) is 0 Å². The molecule has 0 N–H and O–H groups in total. The Labute approximate surface area is 234 Å². The van der Waals surface area contributed by atoms with Crippen LogP contribution in [0, 0.1) is 0 Å². The van der Waals surface area contributed by atoms with E-state index in [0.29, 0.717) is 33.5 Å². The molecule has 0 radical (unpaired) electrons. The first-order valence-corrected chi connectivity index (χ1v) is 12.9. The summed E-state index contributed by atoms with van der Waals surface area (Å²) in [6.45, 7) is 3.99. The minimum absolute atomic E-state index is 0.120. The highest BCUT2D eigenvalue weighted by molar-refractivity contribution is 6.31. The van der Waals surface area contributed by atoms with Gasteiger partial charge in [0.05, 0.1) is 36.5 Å². The van der Waals surface area contributed by atoms with Crippen LogP contribution >= 0.6 is 23.2 Å². The van der Waals surface area contributed by atoms with Crippen LogP contribution < -0.4 is 19.9 Å². The number of fused-ring (bicyclic) bond motifs is 1. The Morgan fingerprint density at radius 1 is 1.03 bits per heavy atom. The predicted molar refractivity (Wildman–Crippen MR) is 148 cm³/mol. The van der Waals surface area contributed by atoms with Gasteiger partial charge >= 0.3 is 6.01 Å². The number of hydrogen-bond donors (Lipinski definition) is 0. The summed E-state index contributed by atoms with van der Waals surface area (Å²) in [4.78, 5) is 42.1. The number of rotatable bonds is 7. The molecule has 1 aromatic carbocycles. The molecule has 0 spiro atoms.